The van der Waals surface area contributed by atoms with Crippen LogP contribution in [0.25, 0.3) is 10.2 Å². The average molecular weight is 320 g/mol. The van der Waals surface area contributed by atoms with Crippen molar-refractivity contribution in [2.24, 2.45) is 0 Å². The predicted octanol–water partition coefficient (Wildman–Crippen LogP) is 1.33. The van der Waals surface area contributed by atoms with E-state index in [0.717, 1.165) is 36.3 Å². The highest BCUT2D eigenvalue weighted by Gasteiger charge is 2.17. The molecule has 2 heterocycles. The molecule has 0 spiro atoms. The Morgan fingerprint density at radius 3 is 3.27 bits per heavy atom. The molecule has 118 valence electrons. The number of hydrogen-bond donors (Lipinski definition) is 2. The number of nitrogens with two attached hydrogens (primary N) is 1. The summed E-state index contributed by atoms with van der Waals surface area (Å²) in [6.45, 7) is 3.26. The summed E-state index contributed by atoms with van der Waals surface area (Å²) in [6, 6.07) is 5.47. The van der Waals surface area contributed by atoms with Gasteiger partial charge in [-0.1, -0.05) is 11.3 Å². The minimum absolute atomic E-state index is 0.0855. The van der Waals surface area contributed by atoms with E-state index in [0.29, 0.717) is 17.2 Å². The first-order valence-corrected chi connectivity index (χ1v) is 8.18. The molecule has 1 atom stereocenters. The third-order valence-corrected chi connectivity index (χ3v) is 4.63. The van der Waals surface area contributed by atoms with Crippen molar-refractivity contribution >= 4 is 32.6 Å². The predicted molar refractivity (Wildman–Crippen MR) is 88.2 cm³/mol. The largest absolute Gasteiger partial charge is 0.375 e. The maximum absolute atomic E-state index is 12.2. The number of nitrogen functional groups attached to an aromatic ring is 1. The summed E-state index contributed by atoms with van der Waals surface area (Å²) in [4.78, 5) is 18.6. The SMILES string of the molecule is CN1CCOC(CCNC(=O)c2ccc3sc(N)nc3c2)C1. The van der Waals surface area contributed by atoms with Crippen molar-refractivity contribution in [3.8, 4) is 0 Å². The Labute approximate surface area is 133 Å². The molecule has 1 amide bonds. The number of rotatable bonds is 4. The molecular formula is C15H20N4O2S. The molecule has 1 aliphatic heterocycles. The van der Waals surface area contributed by atoms with Gasteiger partial charge in [0, 0.05) is 25.2 Å². The average Bonchev–Trinajstić information content (AvgIpc) is 2.86. The van der Waals surface area contributed by atoms with Crippen LogP contribution in [0.2, 0.25) is 0 Å². The number of anilines is 1. The fourth-order valence-electron chi connectivity index (χ4n) is 2.58. The van der Waals surface area contributed by atoms with Gasteiger partial charge in [0.2, 0.25) is 0 Å². The molecule has 0 radical (unpaired) electrons. The summed E-state index contributed by atoms with van der Waals surface area (Å²) in [7, 11) is 2.09. The fraction of sp³-hybridized carbons (Fsp3) is 0.467. The summed E-state index contributed by atoms with van der Waals surface area (Å²) in [6.07, 6.45) is 1.02. The van der Waals surface area contributed by atoms with Gasteiger partial charge in [-0.15, -0.1) is 0 Å². The van der Waals surface area contributed by atoms with E-state index in [1.807, 2.05) is 6.07 Å². The standard InChI is InChI=1S/C15H20N4O2S/c1-19-6-7-21-11(9-19)4-5-17-14(20)10-2-3-13-12(8-10)18-15(16)22-13/h2-3,8,11H,4-7,9H2,1H3,(H2,16,18)(H,17,20). The van der Waals surface area contributed by atoms with Crippen LogP contribution >= 0.6 is 11.3 Å². The number of nitrogens with zero attached hydrogens (tertiary/aromatic N) is 2. The summed E-state index contributed by atoms with van der Waals surface area (Å²) in [5.74, 6) is -0.0855. The quantitative estimate of drug-likeness (QED) is 0.888. The Balaban J connectivity index is 1.54. The van der Waals surface area contributed by atoms with Crippen molar-refractivity contribution in [2.75, 3.05) is 39.0 Å². The number of carbonyl (C=O) groups is 1. The molecule has 3 rings (SSSR count). The van der Waals surface area contributed by atoms with E-state index in [4.69, 9.17) is 10.5 Å². The molecule has 1 aromatic carbocycles. The zero-order valence-electron chi connectivity index (χ0n) is 12.5. The third-order valence-electron chi connectivity index (χ3n) is 3.76. The van der Waals surface area contributed by atoms with Gasteiger partial charge >= 0.3 is 0 Å². The maximum Gasteiger partial charge on any atom is 0.251 e. The van der Waals surface area contributed by atoms with Crippen LogP contribution < -0.4 is 11.1 Å². The molecule has 3 N–H and O–H groups in total. The molecule has 1 fully saturated rings. The molecular weight excluding hydrogens is 300 g/mol. The highest BCUT2D eigenvalue weighted by atomic mass is 32.1. The van der Waals surface area contributed by atoms with Gasteiger partial charge in [-0.25, -0.2) is 4.98 Å². The number of carbonyl (C=O) groups excluding carboxylic acids is 1. The molecule has 22 heavy (non-hydrogen) atoms. The van der Waals surface area contributed by atoms with Crippen molar-refractivity contribution in [2.45, 2.75) is 12.5 Å². The molecule has 1 aromatic heterocycles. The number of morpholine rings is 1. The summed E-state index contributed by atoms with van der Waals surface area (Å²) in [5, 5.41) is 3.46. The minimum Gasteiger partial charge on any atom is -0.375 e. The van der Waals surface area contributed by atoms with Crippen LogP contribution in [0.1, 0.15) is 16.8 Å². The normalized spacial score (nSPS) is 19.4. The van der Waals surface area contributed by atoms with Crippen LogP contribution in [-0.4, -0.2) is 55.2 Å². The lowest BCUT2D eigenvalue weighted by molar-refractivity contribution is -0.0226. The van der Waals surface area contributed by atoms with Crippen LogP contribution in [0.4, 0.5) is 5.13 Å². The van der Waals surface area contributed by atoms with E-state index in [2.05, 4.69) is 22.2 Å². The maximum atomic E-state index is 12.2. The van der Waals surface area contributed by atoms with Gasteiger partial charge in [0.15, 0.2) is 5.13 Å². The number of fused-ring (bicyclic) bond motifs is 1. The van der Waals surface area contributed by atoms with Gasteiger partial charge in [0.25, 0.3) is 5.91 Å². The first-order valence-electron chi connectivity index (χ1n) is 7.36. The Morgan fingerprint density at radius 2 is 2.45 bits per heavy atom. The number of aromatic nitrogens is 1. The molecule has 2 aromatic rings. The summed E-state index contributed by atoms with van der Waals surface area (Å²) in [5.41, 5.74) is 7.06. The molecule has 0 aliphatic carbocycles. The minimum atomic E-state index is -0.0855. The highest BCUT2D eigenvalue weighted by molar-refractivity contribution is 7.22. The van der Waals surface area contributed by atoms with Crippen LogP contribution in [-0.2, 0) is 4.74 Å². The highest BCUT2D eigenvalue weighted by Crippen LogP contribution is 2.24. The van der Waals surface area contributed by atoms with Gasteiger partial charge in [0.1, 0.15) is 0 Å². The lowest BCUT2D eigenvalue weighted by Crippen LogP contribution is -2.41. The smallest absolute Gasteiger partial charge is 0.251 e. The topological polar surface area (TPSA) is 80.5 Å². The van der Waals surface area contributed by atoms with Crippen LogP contribution in [0.3, 0.4) is 0 Å². The lowest BCUT2D eigenvalue weighted by Gasteiger charge is -2.30. The van der Waals surface area contributed by atoms with E-state index in [-0.39, 0.29) is 12.0 Å². The van der Waals surface area contributed by atoms with Crippen LogP contribution in [0.15, 0.2) is 18.2 Å². The number of nitrogens with one attached hydrogen (secondary N) is 1. The molecule has 1 unspecified atom stereocenters. The lowest BCUT2D eigenvalue weighted by atomic mass is 10.2. The molecule has 0 saturated carbocycles. The van der Waals surface area contributed by atoms with E-state index in [1.54, 1.807) is 12.1 Å². The van der Waals surface area contributed by atoms with Crippen molar-refractivity contribution in [1.82, 2.24) is 15.2 Å². The molecule has 1 aliphatic rings. The van der Waals surface area contributed by atoms with Gasteiger partial charge in [0.05, 0.1) is 22.9 Å². The fourth-order valence-corrected chi connectivity index (χ4v) is 3.29. The second-order valence-electron chi connectivity index (χ2n) is 5.53. The van der Waals surface area contributed by atoms with E-state index >= 15 is 0 Å². The Morgan fingerprint density at radius 1 is 1.59 bits per heavy atom. The number of hydrogen-bond acceptors (Lipinski definition) is 6. The van der Waals surface area contributed by atoms with E-state index < -0.39 is 0 Å². The van der Waals surface area contributed by atoms with E-state index in [1.165, 1.54) is 11.3 Å². The molecule has 7 heteroatoms. The van der Waals surface area contributed by atoms with Gasteiger partial charge < -0.3 is 20.7 Å². The molecule has 6 nitrogen and oxygen atoms in total. The van der Waals surface area contributed by atoms with E-state index in [9.17, 15) is 4.79 Å². The Hall–Kier alpha value is -1.70. The number of benzene rings is 1. The van der Waals surface area contributed by atoms with Crippen molar-refractivity contribution < 1.29 is 9.53 Å². The zero-order valence-corrected chi connectivity index (χ0v) is 13.4. The number of amides is 1. The van der Waals surface area contributed by atoms with Crippen molar-refractivity contribution in [3.05, 3.63) is 23.8 Å². The Bertz CT molecular complexity index is 673. The van der Waals surface area contributed by atoms with Crippen molar-refractivity contribution in [3.63, 3.8) is 0 Å². The summed E-state index contributed by atoms with van der Waals surface area (Å²) < 4.78 is 6.67. The number of thiazole rings is 1. The van der Waals surface area contributed by atoms with Gasteiger partial charge in [-0.3, -0.25) is 4.79 Å². The molecule has 0 bridgehead atoms. The summed E-state index contributed by atoms with van der Waals surface area (Å²) >= 11 is 1.42. The second kappa shape index (κ2) is 6.60. The van der Waals surface area contributed by atoms with Gasteiger partial charge in [-0.2, -0.15) is 0 Å². The van der Waals surface area contributed by atoms with Crippen LogP contribution in [0.5, 0.6) is 0 Å². The monoisotopic (exact) mass is 320 g/mol. The Kier molecular flexibility index (Phi) is 4.56. The first kappa shape index (κ1) is 15.2. The molecule has 1 saturated heterocycles. The van der Waals surface area contributed by atoms with Crippen LogP contribution in [0, 0.1) is 0 Å². The second-order valence-corrected chi connectivity index (χ2v) is 6.60. The zero-order chi connectivity index (χ0) is 15.5. The first-order chi connectivity index (χ1) is 10.6. The number of likely N-dealkylation sites (N-methyl/N-ethyl adjacent to an activating group) is 1. The van der Waals surface area contributed by atoms with Gasteiger partial charge in [-0.05, 0) is 31.7 Å². The van der Waals surface area contributed by atoms with Crippen molar-refractivity contribution in [1.29, 1.82) is 0 Å². The number of ether oxygens (including phenoxy) is 1. The third kappa shape index (κ3) is 3.55.